The van der Waals surface area contributed by atoms with Crippen molar-refractivity contribution in [1.29, 1.82) is 0 Å². The summed E-state index contributed by atoms with van der Waals surface area (Å²) in [5.41, 5.74) is 2.47. The molecule has 3 aliphatic rings. The van der Waals surface area contributed by atoms with E-state index >= 15 is 0 Å². The molecule has 3 aliphatic heterocycles. The van der Waals surface area contributed by atoms with Crippen LogP contribution in [0.5, 0.6) is 0 Å². The minimum absolute atomic E-state index is 0.0170. The molecule has 202 valence electrons. The van der Waals surface area contributed by atoms with E-state index in [4.69, 9.17) is 20.1 Å². The van der Waals surface area contributed by atoms with Gasteiger partial charge < -0.3 is 29.7 Å². The van der Waals surface area contributed by atoms with Gasteiger partial charge in [-0.15, -0.1) is 0 Å². The fraction of sp³-hybridized carbons (Fsp3) is 0.692. The third kappa shape index (κ3) is 7.71. The Bertz CT molecular complexity index is 868. The van der Waals surface area contributed by atoms with E-state index in [0.29, 0.717) is 19.4 Å². The van der Waals surface area contributed by atoms with Crippen LogP contribution >= 0.6 is 0 Å². The first kappa shape index (κ1) is 28.5. The molecular weight excluding hydrogens is 466 g/mol. The lowest BCUT2D eigenvalue weighted by Gasteiger charge is -2.39. The Morgan fingerprint density at radius 2 is 1.97 bits per heavy atom. The molecule has 3 heterocycles. The topological polar surface area (TPSA) is 156 Å². The molecule has 2 amide bonds. The molecule has 0 aromatic rings. The van der Waals surface area contributed by atoms with Crippen LogP contribution in [0.1, 0.15) is 53.4 Å². The van der Waals surface area contributed by atoms with Gasteiger partial charge in [-0.3, -0.25) is 15.0 Å². The number of carbonyl (C=O) groups excluding carboxylic acids is 2. The van der Waals surface area contributed by atoms with Crippen LogP contribution in [0.4, 0.5) is 0 Å². The summed E-state index contributed by atoms with van der Waals surface area (Å²) in [6.07, 6.45) is 8.13. The maximum atomic E-state index is 12.1. The normalized spacial score (nSPS) is 37.9. The lowest BCUT2D eigenvalue weighted by molar-refractivity contribution is -0.145. The van der Waals surface area contributed by atoms with Crippen molar-refractivity contribution >= 4 is 11.8 Å². The molecule has 3 saturated heterocycles. The number of nitrogens with two attached hydrogens (primary N) is 1. The summed E-state index contributed by atoms with van der Waals surface area (Å²) < 4.78 is 17.7. The van der Waals surface area contributed by atoms with Crippen molar-refractivity contribution in [3.8, 4) is 0 Å². The van der Waals surface area contributed by atoms with E-state index in [2.05, 4.69) is 23.7 Å². The molecule has 10 heteroatoms. The molecule has 6 N–H and O–H groups in total. The van der Waals surface area contributed by atoms with E-state index in [-0.39, 0.29) is 48.5 Å². The van der Waals surface area contributed by atoms with Crippen molar-refractivity contribution in [2.75, 3.05) is 6.61 Å². The second kappa shape index (κ2) is 12.4. The zero-order chi connectivity index (χ0) is 26.5. The number of hydrazine groups is 1. The molecule has 9 atom stereocenters. The minimum Gasteiger partial charge on any atom is -0.389 e. The van der Waals surface area contributed by atoms with Crippen LogP contribution in [0.15, 0.2) is 36.0 Å². The quantitative estimate of drug-likeness (QED) is 0.0766. The summed E-state index contributed by atoms with van der Waals surface area (Å²) in [7, 11) is 0. The third-order valence-corrected chi connectivity index (χ3v) is 7.15. The molecule has 0 aromatic carbocycles. The molecule has 36 heavy (non-hydrogen) atoms. The van der Waals surface area contributed by atoms with Crippen molar-refractivity contribution in [3.05, 3.63) is 36.0 Å². The Hall–Kier alpha value is -2.08. The molecular formula is C26H41N3O7. The second-order valence-electron chi connectivity index (χ2n) is 10.3. The highest BCUT2D eigenvalue weighted by Gasteiger charge is 2.58. The van der Waals surface area contributed by atoms with Gasteiger partial charge in [0.25, 0.3) is 0 Å². The molecule has 0 bridgehead atoms. The van der Waals surface area contributed by atoms with Gasteiger partial charge in [0.05, 0.1) is 43.5 Å². The summed E-state index contributed by atoms with van der Waals surface area (Å²) in [4.78, 5) is 23.8. The Morgan fingerprint density at radius 3 is 2.61 bits per heavy atom. The highest BCUT2D eigenvalue weighted by atomic mass is 16.6. The van der Waals surface area contributed by atoms with E-state index in [1.54, 1.807) is 6.92 Å². The summed E-state index contributed by atoms with van der Waals surface area (Å²) >= 11 is 0. The molecule has 10 nitrogen and oxygen atoms in total. The minimum atomic E-state index is -0.802. The highest BCUT2D eigenvalue weighted by molar-refractivity contribution is 5.87. The molecule has 0 unspecified atom stereocenters. The fourth-order valence-electron chi connectivity index (χ4n) is 4.86. The van der Waals surface area contributed by atoms with Crippen LogP contribution in [0, 0.1) is 5.92 Å². The number of aliphatic hydroxyl groups excluding tert-OH is 2. The largest absolute Gasteiger partial charge is 0.389 e. The van der Waals surface area contributed by atoms with E-state index in [1.165, 1.54) is 12.2 Å². The van der Waals surface area contributed by atoms with Crippen molar-refractivity contribution in [1.82, 2.24) is 10.7 Å². The number of rotatable bonds is 9. The predicted octanol–water partition coefficient (Wildman–Crippen LogP) is 0.782. The average Bonchev–Trinajstić information content (AvgIpc) is 3.60. The van der Waals surface area contributed by atoms with E-state index < -0.39 is 23.9 Å². The van der Waals surface area contributed by atoms with Crippen LogP contribution in [0.25, 0.3) is 0 Å². The van der Waals surface area contributed by atoms with E-state index in [9.17, 15) is 19.8 Å². The summed E-state index contributed by atoms with van der Waals surface area (Å²) in [5, 5.41) is 23.0. The average molecular weight is 508 g/mol. The van der Waals surface area contributed by atoms with Gasteiger partial charge in [-0.1, -0.05) is 36.8 Å². The van der Waals surface area contributed by atoms with Gasteiger partial charge in [0, 0.05) is 12.5 Å². The van der Waals surface area contributed by atoms with Crippen LogP contribution in [-0.4, -0.2) is 76.9 Å². The maximum absolute atomic E-state index is 12.1. The number of nitrogens with one attached hydrogen (secondary N) is 2. The van der Waals surface area contributed by atoms with Gasteiger partial charge >= 0.3 is 0 Å². The number of epoxide rings is 1. The van der Waals surface area contributed by atoms with Crippen LogP contribution in [-0.2, 0) is 23.8 Å². The monoisotopic (exact) mass is 507 g/mol. The molecule has 0 aliphatic carbocycles. The molecule has 3 fully saturated rings. The van der Waals surface area contributed by atoms with Gasteiger partial charge in [0.15, 0.2) is 0 Å². The second-order valence-corrected chi connectivity index (χ2v) is 10.3. The Labute approximate surface area is 212 Å². The van der Waals surface area contributed by atoms with Gasteiger partial charge in [-0.2, -0.15) is 0 Å². The lowest BCUT2D eigenvalue weighted by atomic mass is 9.87. The smallest absolute Gasteiger partial charge is 0.244 e. The first-order chi connectivity index (χ1) is 17.0. The van der Waals surface area contributed by atoms with Gasteiger partial charge in [0.2, 0.25) is 11.8 Å². The summed E-state index contributed by atoms with van der Waals surface area (Å²) in [6, 6.07) is -0.0939. The van der Waals surface area contributed by atoms with Gasteiger partial charge in [0.1, 0.15) is 17.8 Å². The number of aliphatic hydroxyl groups is 2. The van der Waals surface area contributed by atoms with Crippen LogP contribution in [0.3, 0.4) is 0 Å². The third-order valence-electron chi connectivity index (χ3n) is 7.15. The van der Waals surface area contributed by atoms with Crippen molar-refractivity contribution in [2.45, 2.75) is 102 Å². The molecule has 3 rings (SSSR count). The van der Waals surface area contributed by atoms with Crippen LogP contribution < -0.4 is 16.6 Å². The number of carbonyl (C=O) groups is 2. The summed E-state index contributed by atoms with van der Waals surface area (Å²) in [6.45, 7) is 8.08. The van der Waals surface area contributed by atoms with Crippen molar-refractivity contribution in [2.24, 2.45) is 11.8 Å². The first-order valence-corrected chi connectivity index (χ1v) is 12.7. The number of ether oxygens (including phenoxy) is 3. The maximum Gasteiger partial charge on any atom is 0.244 e. The van der Waals surface area contributed by atoms with Crippen LogP contribution in [0.2, 0.25) is 0 Å². The number of allylic oxidation sites excluding steroid dienone is 2. The zero-order valence-corrected chi connectivity index (χ0v) is 21.6. The Morgan fingerprint density at radius 1 is 1.25 bits per heavy atom. The molecule has 0 saturated carbocycles. The SMILES string of the molecule is CC(/C=C/[C@H]1O[C@H](CC(=O)NN)C[C@@]2(CO2)[C@@H]1O)=C\C[C@@H]1O[C@H](C)[C@H](NC(=O)/C=C\[C@H](C)O)C[C@@H]1C. The predicted molar refractivity (Wildman–Crippen MR) is 133 cm³/mol. The Kier molecular flexibility index (Phi) is 9.85. The first-order valence-electron chi connectivity index (χ1n) is 12.7. The number of amides is 2. The van der Waals surface area contributed by atoms with Gasteiger partial charge in [-0.05, 0) is 39.5 Å². The van der Waals surface area contributed by atoms with Crippen molar-refractivity contribution in [3.63, 3.8) is 0 Å². The standard InChI is InChI=1S/C26H41N3O7/c1-15(6-9-22-25(33)26(14-34-26)13-19(36-22)12-24(32)29-27)5-8-21-16(2)11-20(18(4)35-21)28-23(31)10-7-17(3)30/h5-7,9-10,16-22,25,30,33H,8,11-14,27H2,1-4H3,(H,28,31)(H,29,32)/b9-6+,10-7-,15-5+/t16-,17-,18+,19+,20+,21-,22+,25+,26+/m0/s1. The number of hydrogen-bond donors (Lipinski definition) is 5. The molecule has 0 radical (unpaired) electrons. The molecule has 1 spiro atoms. The van der Waals surface area contributed by atoms with Gasteiger partial charge in [-0.25, -0.2) is 5.84 Å². The fourth-order valence-corrected chi connectivity index (χ4v) is 4.86. The summed E-state index contributed by atoms with van der Waals surface area (Å²) in [5.74, 6) is 4.88. The van der Waals surface area contributed by atoms with Crippen molar-refractivity contribution < 1.29 is 34.0 Å². The lowest BCUT2D eigenvalue weighted by Crippen LogP contribution is -2.51. The number of hydrogen-bond acceptors (Lipinski definition) is 8. The highest BCUT2D eigenvalue weighted by Crippen LogP contribution is 2.43. The zero-order valence-electron chi connectivity index (χ0n) is 21.6. The Balaban J connectivity index is 1.52. The molecule has 0 aromatic heterocycles. The van der Waals surface area contributed by atoms with E-state index in [0.717, 1.165) is 12.0 Å². The van der Waals surface area contributed by atoms with E-state index in [1.807, 2.05) is 26.0 Å².